The van der Waals surface area contributed by atoms with Crippen molar-refractivity contribution in [2.24, 2.45) is 0 Å². The number of methoxy groups -OCH3 is 2. The van der Waals surface area contributed by atoms with E-state index in [0.29, 0.717) is 11.5 Å². The number of nitrogens with one attached hydrogen (secondary N) is 1. The van der Waals surface area contributed by atoms with Gasteiger partial charge in [0.1, 0.15) is 18.1 Å². The SMILES string of the molecule is CNC(=O)OCc1c(C)c2n(c1-c1c(OC)cccc1OC)-c1ccccc1C2. The van der Waals surface area contributed by atoms with Gasteiger partial charge in [0.15, 0.2) is 0 Å². The van der Waals surface area contributed by atoms with Gasteiger partial charge in [0.2, 0.25) is 0 Å². The predicted octanol–water partition coefficient (Wildman–Crippen LogP) is 4.23. The molecule has 1 aliphatic heterocycles. The Bertz CT molecular complexity index is 1060. The number of para-hydroxylation sites is 1. The molecule has 150 valence electrons. The molecule has 0 saturated heterocycles. The summed E-state index contributed by atoms with van der Waals surface area (Å²) in [6.45, 7) is 2.23. The van der Waals surface area contributed by atoms with Gasteiger partial charge in [0.25, 0.3) is 0 Å². The Morgan fingerprint density at radius 1 is 1.07 bits per heavy atom. The van der Waals surface area contributed by atoms with Crippen molar-refractivity contribution in [2.45, 2.75) is 20.0 Å². The minimum atomic E-state index is -0.464. The maximum absolute atomic E-state index is 11.8. The fourth-order valence-electron chi connectivity index (χ4n) is 4.06. The molecule has 0 saturated carbocycles. The quantitative estimate of drug-likeness (QED) is 0.552. The molecule has 2 aromatic carbocycles. The smallest absolute Gasteiger partial charge is 0.407 e. The molecule has 0 aliphatic carbocycles. The first-order chi connectivity index (χ1) is 14.1. The second kappa shape index (κ2) is 7.54. The van der Waals surface area contributed by atoms with Crippen LogP contribution in [0.4, 0.5) is 4.79 Å². The summed E-state index contributed by atoms with van der Waals surface area (Å²) in [5, 5.41) is 2.51. The van der Waals surface area contributed by atoms with Crippen molar-refractivity contribution in [3.05, 3.63) is 64.8 Å². The number of aromatic nitrogens is 1. The average Bonchev–Trinajstić information content (AvgIpc) is 3.26. The second-order valence-corrected chi connectivity index (χ2v) is 6.90. The first kappa shape index (κ1) is 18.9. The van der Waals surface area contributed by atoms with Crippen LogP contribution in [-0.4, -0.2) is 31.9 Å². The molecule has 0 bridgehead atoms. The van der Waals surface area contributed by atoms with E-state index in [1.165, 1.54) is 11.3 Å². The highest BCUT2D eigenvalue weighted by atomic mass is 16.5. The number of nitrogens with zero attached hydrogens (tertiary/aromatic N) is 1. The lowest BCUT2D eigenvalue weighted by Gasteiger charge is -2.18. The molecule has 0 fully saturated rings. The molecule has 0 atom stereocenters. The minimum absolute atomic E-state index is 0.157. The van der Waals surface area contributed by atoms with E-state index in [4.69, 9.17) is 14.2 Å². The minimum Gasteiger partial charge on any atom is -0.496 e. The van der Waals surface area contributed by atoms with E-state index >= 15 is 0 Å². The molecule has 1 aromatic heterocycles. The van der Waals surface area contributed by atoms with Crippen LogP contribution >= 0.6 is 0 Å². The maximum Gasteiger partial charge on any atom is 0.407 e. The number of hydrogen-bond donors (Lipinski definition) is 1. The zero-order valence-corrected chi connectivity index (χ0v) is 17.0. The van der Waals surface area contributed by atoms with Gasteiger partial charge in [-0.25, -0.2) is 4.79 Å². The summed E-state index contributed by atoms with van der Waals surface area (Å²) in [5.41, 5.74) is 7.40. The van der Waals surface area contributed by atoms with Gasteiger partial charge in [-0.2, -0.15) is 0 Å². The molecule has 6 nitrogen and oxygen atoms in total. The molecule has 0 radical (unpaired) electrons. The summed E-state index contributed by atoms with van der Waals surface area (Å²) < 4.78 is 19.1. The third kappa shape index (κ3) is 3.01. The Morgan fingerprint density at radius 3 is 2.41 bits per heavy atom. The van der Waals surface area contributed by atoms with Gasteiger partial charge in [-0.15, -0.1) is 0 Å². The monoisotopic (exact) mass is 392 g/mol. The summed E-state index contributed by atoms with van der Waals surface area (Å²) in [6.07, 6.45) is 0.362. The van der Waals surface area contributed by atoms with E-state index in [1.54, 1.807) is 21.3 Å². The van der Waals surface area contributed by atoms with Gasteiger partial charge in [0, 0.05) is 30.4 Å². The van der Waals surface area contributed by atoms with Gasteiger partial charge in [-0.1, -0.05) is 24.3 Å². The number of rotatable bonds is 5. The number of ether oxygens (including phenoxy) is 3. The molecule has 2 heterocycles. The lowest BCUT2D eigenvalue weighted by atomic mass is 10.0. The fraction of sp³-hybridized carbons (Fsp3) is 0.261. The van der Waals surface area contributed by atoms with E-state index < -0.39 is 6.09 Å². The van der Waals surface area contributed by atoms with Crippen molar-refractivity contribution in [3.63, 3.8) is 0 Å². The Hall–Kier alpha value is -3.41. The third-order valence-corrected chi connectivity index (χ3v) is 5.47. The van der Waals surface area contributed by atoms with Crippen LogP contribution in [0.1, 0.15) is 22.4 Å². The molecule has 0 spiro atoms. The molecule has 1 amide bonds. The van der Waals surface area contributed by atoms with Gasteiger partial charge >= 0.3 is 6.09 Å². The summed E-state index contributed by atoms with van der Waals surface area (Å²) in [4.78, 5) is 11.8. The zero-order valence-electron chi connectivity index (χ0n) is 17.0. The lowest BCUT2D eigenvalue weighted by Crippen LogP contribution is -2.19. The second-order valence-electron chi connectivity index (χ2n) is 6.90. The number of amides is 1. The molecule has 6 heteroatoms. The molecule has 4 rings (SSSR count). The van der Waals surface area contributed by atoms with Crippen molar-refractivity contribution in [3.8, 4) is 28.4 Å². The van der Waals surface area contributed by atoms with Gasteiger partial charge < -0.3 is 24.1 Å². The Morgan fingerprint density at radius 2 is 1.76 bits per heavy atom. The molecular weight excluding hydrogens is 368 g/mol. The zero-order chi connectivity index (χ0) is 20.5. The first-order valence-corrected chi connectivity index (χ1v) is 9.47. The van der Waals surface area contributed by atoms with E-state index in [9.17, 15) is 4.79 Å². The average molecular weight is 392 g/mol. The Kier molecular flexibility index (Phi) is 4.92. The number of benzene rings is 2. The van der Waals surface area contributed by atoms with Crippen LogP contribution in [0.2, 0.25) is 0 Å². The summed E-state index contributed by atoms with van der Waals surface area (Å²) in [7, 11) is 4.84. The Balaban J connectivity index is 2.01. The summed E-state index contributed by atoms with van der Waals surface area (Å²) in [5.74, 6) is 1.41. The van der Waals surface area contributed by atoms with Gasteiger partial charge in [-0.05, 0) is 36.2 Å². The molecule has 3 aromatic rings. The van der Waals surface area contributed by atoms with Crippen molar-refractivity contribution >= 4 is 6.09 Å². The number of carbonyl (C=O) groups is 1. The topological polar surface area (TPSA) is 61.7 Å². The van der Waals surface area contributed by atoms with Crippen molar-refractivity contribution in [1.82, 2.24) is 9.88 Å². The highest BCUT2D eigenvalue weighted by Crippen LogP contribution is 2.47. The normalized spacial score (nSPS) is 11.6. The molecule has 1 aliphatic rings. The maximum atomic E-state index is 11.8. The van der Waals surface area contributed by atoms with Crippen LogP contribution in [0.15, 0.2) is 42.5 Å². The molecular formula is C23H24N2O4. The Labute approximate surface area is 170 Å². The van der Waals surface area contributed by atoms with E-state index in [2.05, 4.69) is 35.0 Å². The van der Waals surface area contributed by atoms with Crippen LogP contribution in [0, 0.1) is 6.92 Å². The number of carbonyl (C=O) groups excluding carboxylic acids is 1. The van der Waals surface area contributed by atoms with Crippen LogP contribution < -0.4 is 14.8 Å². The van der Waals surface area contributed by atoms with E-state index in [-0.39, 0.29) is 6.61 Å². The van der Waals surface area contributed by atoms with Crippen molar-refractivity contribution in [1.29, 1.82) is 0 Å². The largest absolute Gasteiger partial charge is 0.496 e. The van der Waals surface area contributed by atoms with Crippen LogP contribution in [0.25, 0.3) is 16.9 Å². The van der Waals surface area contributed by atoms with Crippen LogP contribution in [-0.2, 0) is 17.8 Å². The number of fused-ring (bicyclic) bond motifs is 3. The van der Waals surface area contributed by atoms with E-state index in [1.807, 2.05) is 24.3 Å². The summed E-state index contributed by atoms with van der Waals surface area (Å²) >= 11 is 0. The fourth-order valence-corrected chi connectivity index (χ4v) is 4.06. The van der Waals surface area contributed by atoms with Crippen LogP contribution in [0.5, 0.6) is 11.5 Å². The van der Waals surface area contributed by atoms with Gasteiger partial charge in [0.05, 0.1) is 25.5 Å². The highest BCUT2D eigenvalue weighted by molar-refractivity contribution is 5.82. The van der Waals surface area contributed by atoms with Crippen molar-refractivity contribution < 1.29 is 19.0 Å². The summed E-state index contributed by atoms with van der Waals surface area (Å²) in [6, 6.07) is 14.1. The number of alkyl carbamates (subject to hydrolysis) is 1. The molecule has 0 unspecified atom stereocenters. The van der Waals surface area contributed by atoms with E-state index in [0.717, 1.165) is 34.5 Å². The lowest BCUT2D eigenvalue weighted by molar-refractivity contribution is 0.142. The molecule has 1 N–H and O–H groups in total. The number of hydrogen-bond acceptors (Lipinski definition) is 4. The third-order valence-electron chi connectivity index (χ3n) is 5.47. The highest BCUT2D eigenvalue weighted by Gasteiger charge is 2.31. The molecule has 29 heavy (non-hydrogen) atoms. The first-order valence-electron chi connectivity index (χ1n) is 9.47. The van der Waals surface area contributed by atoms with Crippen LogP contribution in [0.3, 0.4) is 0 Å². The van der Waals surface area contributed by atoms with Crippen molar-refractivity contribution in [2.75, 3.05) is 21.3 Å². The predicted molar refractivity (Wildman–Crippen MR) is 111 cm³/mol. The standard InChI is InChI=1S/C23H24N2O4/c1-14-16(13-29-23(26)24-2)22(21-19(27-3)10-7-11-20(21)28-4)25-17-9-6-5-8-15(17)12-18(14)25/h5-11H,12-13H2,1-4H3,(H,24,26). The van der Waals surface area contributed by atoms with Gasteiger partial charge in [-0.3, -0.25) is 0 Å².